The molecule has 0 saturated carbocycles. The van der Waals surface area contributed by atoms with Gasteiger partial charge in [0.15, 0.2) is 5.82 Å². The maximum atomic E-state index is 13.4. The lowest BCUT2D eigenvalue weighted by atomic mass is 10.3. The number of hydrogen-bond donors (Lipinski definition) is 2. The fraction of sp³-hybridized carbons (Fsp3) is 0.167. The minimum atomic E-state index is -0.253. The van der Waals surface area contributed by atoms with Crippen LogP contribution in [-0.2, 0) is 0 Å². The highest BCUT2D eigenvalue weighted by Gasteiger charge is 2.06. The van der Waals surface area contributed by atoms with Crippen LogP contribution in [0.2, 0.25) is 0 Å². The largest absolute Gasteiger partial charge is 0.369 e. The zero-order valence-corrected chi connectivity index (χ0v) is 11.9. The molecule has 0 amide bonds. The van der Waals surface area contributed by atoms with Crippen molar-refractivity contribution in [2.24, 2.45) is 0 Å². The summed E-state index contributed by atoms with van der Waals surface area (Å²) in [5.74, 6) is 1.02. The number of rotatable bonds is 4. The summed E-state index contributed by atoms with van der Waals surface area (Å²) in [6, 6.07) is 4.88. The molecule has 0 aliphatic heterocycles. The Morgan fingerprint density at radius 1 is 1.28 bits per heavy atom. The molecule has 2 rings (SSSR count). The second-order valence-corrected chi connectivity index (χ2v) is 4.63. The van der Waals surface area contributed by atoms with Crippen molar-refractivity contribution in [2.45, 2.75) is 6.92 Å². The summed E-state index contributed by atoms with van der Waals surface area (Å²) in [6.07, 6.45) is 3.24. The van der Waals surface area contributed by atoms with E-state index in [2.05, 4.69) is 20.6 Å². The van der Waals surface area contributed by atoms with Gasteiger partial charge in [0.1, 0.15) is 11.6 Å². The van der Waals surface area contributed by atoms with Crippen molar-refractivity contribution in [1.82, 2.24) is 9.97 Å². The highest BCUT2D eigenvalue weighted by molar-refractivity contribution is 14.1. The summed E-state index contributed by atoms with van der Waals surface area (Å²) in [6.45, 7) is 2.76. The van der Waals surface area contributed by atoms with Crippen LogP contribution in [0.5, 0.6) is 0 Å². The summed E-state index contributed by atoms with van der Waals surface area (Å²) in [7, 11) is 0. The number of halogens is 2. The predicted molar refractivity (Wildman–Crippen MR) is 78.6 cm³/mol. The third kappa shape index (κ3) is 3.06. The summed E-state index contributed by atoms with van der Waals surface area (Å²) < 4.78 is 13.9. The molecule has 94 valence electrons. The number of nitrogens with one attached hydrogen (secondary N) is 2. The number of hydrogen-bond acceptors (Lipinski definition) is 4. The van der Waals surface area contributed by atoms with Crippen LogP contribution in [0.3, 0.4) is 0 Å². The zero-order valence-electron chi connectivity index (χ0n) is 9.74. The van der Waals surface area contributed by atoms with Crippen molar-refractivity contribution < 1.29 is 4.39 Å². The molecule has 0 radical (unpaired) electrons. The minimum Gasteiger partial charge on any atom is -0.369 e. The molecule has 1 heterocycles. The van der Waals surface area contributed by atoms with Gasteiger partial charge in [0, 0.05) is 6.54 Å². The van der Waals surface area contributed by atoms with Crippen LogP contribution in [0.15, 0.2) is 30.6 Å². The Balaban J connectivity index is 2.23. The van der Waals surface area contributed by atoms with Gasteiger partial charge in [-0.05, 0) is 41.6 Å². The van der Waals surface area contributed by atoms with E-state index in [-0.39, 0.29) is 5.82 Å². The first-order valence-corrected chi connectivity index (χ1v) is 6.55. The van der Waals surface area contributed by atoms with Crippen LogP contribution >= 0.6 is 22.6 Å². The van der Waals surface area contributed by atoms with Gasteiger partial charge in [-0.1, -0.05) is 6.07 Å². The van der Waals surface area contributed by atoms with Crippen molar-refractivity contribution in [2.75, 3.05) is 17.2 Å². The minimum absolute atomic E-state index is 0.253. The number of anilines is 3. The van der Waals surface area contributed by atoms with E-state index in [9.17, 15) is 4.39 Å². The van der Waals surface area contributed by atoms with Crippen LogP contribution < -0.4 is 10.6 Å². The average Bonchev–Trinajstić information content (AvgIpc) is 2.36. The van der Waals surface area contributed by atoms with Gasteiger partial charge < -0.3 is 10.6 Å². The zero-order chi connectivity index (χ0) is 13.0. The second-order valence-electron chi connectivity index (χ2n) is 3.55. The van der Waals surface area contributed by atoms with E-state index < -0.39 is 0 Å². The molecule has 2 aromatic rings. The highest BCUT2D eigenvalue weighted by Crippen LogP contribution is 2.23. The smallest absolute Gasteiger partial charge is 0.151 e. The van der Waals surface area contributed by atoms with Gasteiger partial charge in [-0.15, -0.1) is 0 Å². The lowest BCUT2D eigenvalue weighted by molar-refractivity contribution is 0.621. The molecule has 6 heteroatoms. The Morgan fingerprint density at radius 3 is 2.83 bits per heavy atom. The van der Waals surface area contributed by atoms with Crippen molar-refractivity contribution >= 4 is 39.9 Å². The van der Waals surface area contributed by atoms with Gasteiger partial charge in [0.05, 0.1) is 21.7 Å². The van der Waals surface area contributed by atoms with E-state index in [1.807, 2.05) is 29.5 Å². The highest BCUT2D eigenvalue weighted by atomic mass is 127. The number of aromatic nitrogens is 2. The molecule has 0 atom stereocenters. The fourth-order valence-electron chi connectivity index (χ4n) is 1.43. The third-order valence-corrected chi connectivity index (χ3v) is 3.30. The molecule has 2 N–H and O–H groups in total. The third-order valence-electron chi connectivity index (χ3n) is 2.21. The molecule has 4 nitrogen and oxygen atoms in total. The molecule has 0 saturated heterocycles. The van der Waals surface area contributed by atoms with Crippen molar-refractivity contribution in [1.29, 1.82) is 0 Å². The topological polar surface area (TPSA) is 49.8 Å². The Hall–Kier alpha value is -1.44. The van der Waals surface area contributed by atoms with Crippen LogP contribution in [0.25, 0.3) is 0 Å². The summed E-state index contributed by atoms with van der Waals surface area (Å²) in [5, 5.41) is 6.12. The van der Waals surface area contributed by atoms with E-state index in [0.29, 0.717) is 20.9 Å². The summed E-state index contributed by atoms with van der Waals surface area (Å²) in [4.78, 5) is 8.39. The predicted octanol–water partition coefficient (Wildman–Crippen LogP) is 3.40. The average molecular weight is 358 g/mol. The normalized spacial score (nSPS) is 10.2. The van der Waals surface area contributed by atoms with Crippen molar-refractivity contribution in [3.8, 4) is 0 Å². The van der Waals surface area contributed by atoms with Gasteiger partial charge in [-0.25, -0.2) is 9.37 Å². The maximum Gasteiger partial charge on any atom is 0.151 e. The van der Waals surface area contributed by atoms with Gasteiger partial charge in [0.25, 0.3) is 0 Å². The summed E-state index contributed by atoms with van der Waals surface area (Å²) in [5.41, 5.74) is 0.679. The Kier molecular flexibility index (Phi) is 4.29. The van der Waals surface area contributed by atoms with E-state index >= 15 is 0 Å². The SMILES string of the molecule is CCNc1cncc(Nc2cccc(F)c2I)n1. The molecular formula is C12H12FIN4. The first-order chi connectivity index (χ1) is 8.70. The van der Waals surface area contributed by atoms with Gasteiger partial charge in [-0.2, -0.15) is 0 Å². The molecule has 0 unspecified atom stereocenters. The maximum absolute atomic E-state index is 13.4. The molecule has 1 aromatic carbocycles. The van der Waals surface area contributed by atoms with Gasteiger partial charge >= 0.3 is 0 Å². The molecule has 0 bridgehead atoms. The number of benzene rings is 1. The van der Waals surface area contributed by atoms with E-state index in [4.69, 9.17) is 0 Å². The Labute approximate surface area is 118 Å². The molecule has 1 aromatic heterocycles. The Bertz CT molecular complexity index is 547. The summed E-state index contributed by atoms with van der Waals surface area (Å²) >= 11 is 1.96. The number of nitrogens with zero attached hydrogens (tertiary/aromatic N) is 2. The molecule has 18 heavy (non-hydrogen) atoms. The molecular weight excluding hydrogens is 346 g/mol. The van der Waals surface area contributed by atoms with Crippen LogP contribution in [-0.4, -0.2) is 16.5 Å². The quantitative estimate of drug-likeness (QED) is 0.823. The monoisotopic (exact) mass is 358 g/mol. The van der Waals surface area contributed by atoms with Crippen LogP contribution in [0.1, 0.15) is 6.92 Å². The molecule has 0 aliphatic rings. The van der Waals surface area contributed by atoms with E-state index in [1.165, 1.54) is 6.07 Å². The van der Waals surface area contributed by atoms with E-state index in [1.54, 1.807) is 24.5 Å². The standard InChI is InChI=1S/C12H12FIN4/c1-2-16-10-6-15-7-11(18-10)17-9-5-3-4-8(13)12(9)14/h3-7H,2H2,1H3,(H2,16,17,18). The van der Waals surface area contributed by atoms with Gasteiger partial charge in [0.2, 0.25) is 0 Å². The molecule has 0 aliphatic carbocycles. The van der Waals surface area contributed by atoms with Crippen LogP contribution in [0, 0.1) is 9.39 Å². The second kappa shape index (κ2) is 5.94. The molecule has 0 spiro atoms. The van der Waals surface area contributed by atoms with Crippen molar-refractivity contribution in [3.05, 3.63) is 40.0 Å². The van der Waals surface area contributed by atoms with E-state index in [0.717, 1.165) is 6.54 Å². The fourth-order valence-corrected chi connectivity index (χ4v) is 1.93. The first kappa shape index (κ1) is 13.0. The lowest BCUT2D eigenvalue weighted by Crippen LogP contribution is -2.03. The Morgan fingerprint density at radius 2 is 2.06 bits per heavy atom. The van der Waals surface area contributed by atoms with Crippen molar-refractivity contribution in [3.63, 3.8) is 0 Å². The molecule has 0 fully saturated rings. The first-order valence-electron chi connectivity index (χ1n) is 5.47. The van der Waals surface area contributed by atoms with Crippen LogP contribution in [0.4, 0.5) is 21.7 Å². The van der Waals surface area contributed by atoms with Gasteiger partial charge in [-0.3, -0.25) is 4.98 Å². The lowest BCUT2D eigenvalue weighted by Gasteiger charge is -2.09.